The van der Waals surface area contributed by atoms with Gasteiger partial charge in [0.1, 0.15) is 11.2 Å². The summed E-state index contributed by atoms with van der Waals surface area (Å²) >= 11 is 0. The van der Waals surface area contributed by atoms with Crippen LogP contribution in [0.1, 0.15) is 0 Å². The summed E-state index contributed by atoms with van der Waals surface area (Å²) in [6.45, 7) is 0. The molecule has 1 heterocycles. The molecule has 0 saturated heterocycles. The lowest BCUT2D eigenvalue weighted by molar-refractivity contribution is 0.670. The third-order valence-electron chi connectivity index (χ3n) is 12.2. The molecule has 11 aromatic carbocycles. The van der Waals surface area contributed by atoms with E-state index in [2.05, 4.69) is 218 Å². The van der Waals surface area contributed by atoms with Gasteiger partial charge in [0.05, 0.1) is 0 Å². The summed E-state index contributed by atoms with van der Waals surface area (Å²) in [5, 5.41) is 12.1. The van der Waals surface area contributed by atoms with Crippen LogP contribution >= 0.6 is 0 Å². The van der Waals surface area contributed by atoms with Gasteiger partial charge in [0.25, 0.3) is 0 Å². The minimum absolute atomic E-state index is 0.883. The first kappa shape index (κ1) is 33.4. The fraction of sp³-hybridized carbons (Fsp3) is 0. The first-order valence-corrected chi connectivity index (χ1v) is 20.3. The second-order valence-electron chi connectivity index (χ2n) is 15.5. The molecule has 0 aliphatic carbocycles. The standard InChI is InChI=1S/C58H36O/c1-3-17-37(18-4-1)39-21-15-22-40(35-39)55-46-27-11-13-29-48(46)57(49-30-14-12-28-47(49)55)51-32-16-31-50-52-36-41(33-34-53(52)59-58(50)51)56-44-25-9-7-23-42(44)54(38-19-5-2-6-20-38)43-24-8-10-26-45(43)56/h1-36H. The zero-order valence-corrected chi connectivity index (χ0v) is 32.2. The van der Waals surface area contributed by atoms with Crippen LogP contribution in [0.25, 0.3) is 121 Å². The molecule has 1 nitrogen and oxygen atoms in total. The molecule has 1 aromatic heterocycles. The molecule has 0 spiro atoms. The van der Waals surface area contributed by atoms with E-state index in [0.717, 1.165) is 27.5 Å². The monoisotopic (exact) mass is 748 g/mol. The molecule has 0 aliphatic rings. The number of hydrogen-bond acceptors (Lipinski definition) is 1. The van der Waals surface area contributed by atoms with Crippen LogP contribution in [-0.4, -0.2) is 0 Å². The summed E-state index contributed by atoms with van der Waals surface area (Å²) in [6, 6.07) is 79.3. The van der Waals surface area contributed by atoms with Crippen molar-refractivity contribution in [2.45, 2.75) is 0 Å². The van der Waals surface area contributed by atoms with Crippen LogP contribution in [0.3, 0.4) is 0 Å². The summed E-state index contributed by atoms with van der Waals surface area (Å²) in [7, 11) is 0. The molecule has 1 heteroatoms. The van der Waals surface area contributed by atoms with Crippen LogP contribution in [-0.2, 0) is 0 Å². The van der Waals surface area contributed by atoms with Gasteiger partial charge in [0.2, 0.25) is 0 Å². The molecule has 274 valence electrons. The summed E-state index contributed by atoms with van der Waals surface area (Å²) in [4.78, 5) is 0. The summed E-state index contributed by atoms with van der Waals surface area (Å²) in [5.41, 5.74) is 13.9. The van der Waals surface area contributed by atoms with Crippen molar-refractivity contribution in [3.63, 3.8) is 0 Å². The zero-order valence-electron chi connectivity index (χ0n) is 32.2. The maximum Gasteiger partial charge on any atom is 0.143 e. The highest BCUT2D eigenvalue weighted by Gasteiger charge is 2.22. The molecule has 12 aromatic rings. The van der Waals surface area contributed by atoms with E-state index in [0.29, 0.717) is 0 Å². The van der Waals surface area contributed by atoms with Crippen molar-refractivity contribution < 1.29 is 4.42 Å². The Bertz CT molecular complexity index is 3480. The molecular weight excluding hydrogens is 713 g/mol. The molecule has 0 atom stereocenters. The van der Waals surface area contributed by atoms with Gasteiger partial charge < -0.3 is 4.42 Å². The van der Waals surface area contributed by atoms with Crippen molar-refractivity contribution in [3.05, 3.63) is 218 Å². The van der Waals surface area contributed by atoms with Gasteiger partial charge >= 0.3 is 0 Å². The fourth-order valence-electron chi connectivity index (χ4n) is 9.72. The first-order chi connectivity index (χ1) is 29.3. The van der Waals surface area contributed by atoms with Crippen molar-refractivity contribution in [3.8, 4) is 55.6 Å². The van der Waals surface area contributed by atoms with Gasteiger partial charge in [-0.05, 0) is 106 Å². The summed E-state index contributed by atoms with van der Waals surface area (Å²) in [6.07, 6.45) is 0. The highest BCUT2D eigenvalue weighted by molar-refractivity contribution is 6.25. The van der Waals surface area contributed by atoms with E-state index in [-0.39, 0.29) is 0 Å². The average molecular weight is 749 g/mol. The second-order valence-corrected chi connectivity index (χ2v) is 15.5. The van der Waals surface area contributed by atoms with Crippen LogP contribution in [0.15, 0.2) is 223 Å². The van der Waals surface area contributed by atoms with Crippen LogP contribution in [0.5, 0.6) is 0 Å². The highest BCUT2D eigenvalue weighted by atomic mass is 16.3. The highest BCUT2D eigenvalue weighted by Crippen LogP contribution is 2.48. The van der Waals surface area contributed by atoms with Crippen molar-refractivity contribution in [2.75, 3.05) is 0 Å². The van der Waals surface area contributed by atoms with E-state index in [1.54, 1.807) is 0 Å². The van der Waals surface area contributed by atoms with E-state index in [1.165, 1.54) is 93.2 Å². The SMILES string of the molecule is c1ccc(-c2cccc(-c3c4ccccc4c(-c4cccc5c4oc4ccc(-c6c7ccccc7c(-c7ccccc7)c7ccccc67)cc45)c4ccccc34)c2)cc1. The summed E-state index contributed by atoms with van der Waals surface area (Å²) in [5.74, 6) is 0. The minimum atomic E-state index is 0.883. The van der Waals surface area contributed by atoms with Gasteiger partial charge in [-0.3, -0.25) is 0 Å². The molecule has 0 saturated carbocycles. The van der Waals surface area contributed by atoms with Crippen LogP contribution in [0.4, 0.5) is 0 Å². The number of hydrogen-bond donors (Lipinski definition) is 0. The van der Waals surface area contributed by atoms with Crippen molar-refractivity contribution >= 4 is 65.0 Å². The Morgan fingerprint density at radius 2 is 0.610 bits per heavy atom. The molecule has 0 bridgehead atoms. The lowest BCUT2D eigenvalue weighted by Crippen LogP contribution is -1.91. The van der Waals surface area contributed by atoms with E-state index in [1.807, 2.05) is 0 Å². The van der Waals surface area contributed by atoms with Crippen molar-refractivity contribution in [2.24, 2.45) is 0 Å². The smallest absolute Gasteiger partial charge is 0.143 e. The Kier molecular flexibility index (Phi) is 7.61. The first-order valence-electron chi connectivity index (χ1n) is 20.3. The van der Waals surface area contributed by atoms with Gasteiger partial charge in [0, 0.05) is 21.9 Å². The maximum atomic E-state index is 6.96. The van der Waals surface area contributed by atoms with E-state index >= 15 is 0 Å². The molecular formula is C58H36O. The number of rotatable bonds is 5. The average Bonchev–Trinajstić information content (AvgIpc) is 3.69. The fourth-order valence-corrected chi connectivity index (χ4v) is 9.72. The van der Waals surface area contributed by atoms with Crippen LogP contribution in [0.2, 0.25) is 0 Å². The maximum absolute atomic E-state index is 6.96. The Morgan fingerprint density at radius 3 is 1.15 bits per heavy atom. The van der Waals surface area contributed by atoms with E-state index < -0.39 is 0 Å². The predicted molar refractivity (Wildman–Crippen MR) is 251 cm³/mol. The van der Waals surface area contributed by atoms with Gasteiger partial charge in [-0.15, -0.1) is 0 Å². The molecule has 0 radical (unpaired) electrons. The molecule has 0 unspecified atom stereocenters. The molecule has 0 N–H and O–H groups in total. The van der Waals surface area contributed by atoms with Crippen molar-refractivity contribution in [1.82, 2.24) is 0 Å². The Labute approximate surface area is 342 Å². The van der Waals surface area contributed by atoms with E-state index in [9.17, 15) is 0 Å². The normalized spacial score (nSPS) is 11.7. The molecule has 0 amide bonds. The van der Waals surface area contributed by atoms with Crippen LogP contribution in [0, 0.1) is 0 Å². The Morgan fingerprint density at radius 1 is 0.220 bits per heavy atom. The zero-order chi connectivity index (χ0) is 38.9. The van der Waals surface area contributed by atoms with Gasteiger partial charge in [0.15, 0.2) is 0 Å². The number of para-hydroxylation sites is 1. The lowest BCUT2D eigenvalue weighted by Gasteiger charge is -2.18. The molecule has 12 rings (SSSR count). The largest absolute Gasteiger partial charge is 0.455 e. The van der Waals surface area contributed by atoms with Gasteiger partial charge in [-0.2, -0.15) is 0 Å². The number of furan rings is 1. The minimum Gasteiger partial charge on any atom is -0.455 e. The van der Waals surface area contributed by atoms with Crippen LogP contribution < -0.4 is 0 Å². The Hall–Kier alpha value is -7.74. The topological polar surface area (TPSA) is 13.1 Å². The number of benzene rings is 11. The summed E-state index contributed by atoms with van der Waals surface area (Å²) < 4.78 is 6.96. The van der Waals surface area contributed by atoms with E-state index in [4.69, 9.17) is 4.42 Å². The number of fused-ring (bicyclic) bond motifs is 7. The lowest BCUT2D eigenvalue weighted by atomic mass is 9.85. The van der Waals surface area contributed by atoms with Gasteiger partial charge in [-0.1, -0.05) is 200 Å². The van der Waals surface area contributed by atoms with Crippen molar-refractivity contribution in [1.29, 1.82) is 0 Å². The molecule has 0 fully saturated rings. The third kappa shape index (κ3) is 5.25. The quantitative estimate of drug-likeness (QED) is 0.160. The van der Waals surface area contributed by atoms with Gasteiger partial charge in [-0.25, -0.2) is 0 Å². The molecule has 59 heavy (non-hydrogen) atoms. The second kappa shape index (κ2) is 13.4. The third-order valence-corrected chi connectivity index (χ3v) is 12.2. The predicted octanol–water partition coefficient (Wildman–Crippen LogP) is 16.5. The molecule has 0 aliphatic heterocycles. The Balaban J connectivity index is 1.09.